The van der Waals surface area contributed by atoms with Crippen LogP contribution in [0.1, 0.15) is 20.1 Å². The maximum atomic E-state index is 10.5. The number of aldehydes is 1. The molecule has 2 aromatic heterocycles. The minimum atomic E-state index is 0.722. The van der Waals surface area contributed by atoms with Crippen molar-refractivity contribution in [1.82, 2.24) is 4.98 Å². The Morgan fingerprint density at radius 1 is 1.27 bits per heavy atom. The van der Waals surface area contributed by atoms with Crippen LogP contribution in [0.4, 0.5) is 0 Å². The van der Waals surface area contributed by atoms with Gasteiger partial charge in [-0.3, -0.25) is 9.78 Å². The van der Waals surface area contributed by atoms with Gasteiger partial charge in [-0.05, 0) is 35.4 Å². The van der Waals surface area contributed by atoms with Crippen LogP contribution in [0, 0.1) is 0 Å². The number of thiophene rings is 1. The Morgan fingerprint density at radius 2 is 2.00 bits per heavy atom. The quantitative estimate of drug-likeness (QED) is 0.737. The molecule has 0 aliphatic carbocycles. The van der Waals surface area contributed by atoms with Crippen molar-refractivity contribution in [1.29, 1.82) is 0 Å². The van der Waals surface area contributed by atoms with Crippen LogP contribution >= 0.6 is 11.3 Å². The Kier molecular flexibility index (Phi) is 2.74. The standard InChI is InChI=1S/C12H9NOS/c1-9(10-4-6-13-7-5-10)12-3-2-11(8-14)15-12/h2-8H,1H2. The van der Waals surface area contributed by atoms with E-state index in [2.05, 4.69) is 11.6 Å². The second-order valence-electron chi connectivity index (χ2n) is 3.03. The van der Waals surface area contributed by atoms with Crippen LogP contribution in [0.25, 0.3) is 5.57 Å². The van der Waals surface area contributed by atoms with Crippen molar-refractivity contribution in [3.8, 4) is 0 Å². The van der Waals surface area contributed by atoms with Gasteiger partial charge in [-0.15, -0.1) is 11.3 Å². The SMILES string of the molecule is C=C(c1ccncc1)c1ccc(C=O)s1. The predicted molar refractivity (Wildman–Crippen MR) is 62.1 cm³/mol. The zero-order valence-electron chi connectivity index (χ0n) is 8.01. The van der Waals surface area contributed by atoms with Crippen molar-refractivity contribution in [2.75, 3.05) is 0 Å². The summed E-state index contributed by atoms with van der Waals surface area (Å²) in [5.41, 5.74) is 1.96. The number of carbonyl (C=O) groups excluding carboxylic acids is 1. The molecule has 15 heavy (non-hydrogen) atoms. The highest BCUT2D eigenvalue weighted by atomic mass is 32.1. The molecular formula is C12H9NOS. The molecule has 0 fully saturated rings. The first kappa shape index (κ1) is 9.80. The summed E-state index contributed by atoms with van der Waals surface area (Å²) < 4.78 is 0. The van der Waals surface area contributed by atoms with E-state index in [-0.39, 0.29) is 0 Å². The van der Waals surface area contributed by atoms with Gasteiger partial charge in [0.25, 0.3) is 0 Å². The lowest BCUT2D eigenvalue weighted by Gasteiger charge is -2.01. The Morgan fingerprint density at radius 3 is 2.60 bits per heavy atom. The average Bonchev–Trinajstić information content (AvgIpc) is 2.78. The van der Waals surface area contributed by atoms with Gasteiger partial charge in [0.05, 0.1) is 4.88 Å². The maximum Gasteiger partial charge on any atom is 0.160 e. The molecule has 0 amide bonds. The van der Waals surface area contributed by atoms with E-state index in [1.54, 1.807) is 18.5 Å². The first-order chi connectivity index (χ1) is 7.31. The molecule has 0 radical (unpaired) electrons. The molecule has 2 heterocycles. The fourth-order valence-electron chi connectivity index (χ4n) is 1.27. The van der Waals surface area contributed by atoms with Crippen molar-refractivity contribution < 1.29 is 4.79 Å². The molecule has 2 aromatic rings. The van der Waals surface area contributed by atoms with Crippen LogP contribution in [0.3, 0.4) is 0 Å². The fourth-order valence-corrected chi connectivity index (χ4v) is 2.09. The van der Waals surface area contributed by atoms with Gasteiger partial charge in [-0.2, -0.15) is 0 Å². The van der Waals surface area contributed by atoms with Gasteiger partial charge in [0.1, 0.15) is 0 Å². The normalized spacial score (nSPS) is 9.87. The summed E-state index contributed by atoms with van der Waals surface area (Å²) in [6.45, 7) is 4.01. The summed E-state index contributed by atoms with van der Waals surface area (Å²) in [5.74, 6) is 0. The van der Waals surface area contributed by atoms with E-state index in [1.165, 1.54) is 11.3 Å². The third-order valence-corrected chi connectivity index (χ3v) is 3.14. The zero-order valence-corrected chi connectivity index (χ0v) is 8.83. The number of carbonyl (C=O) groups is 1. The van der Waals surface area contributed by atoms with Crippen LogP contribution in [0.5, 0.6) is 0 Å². The summed E-state index contributed by atoms with van der Waals surface area (Å²) in [7, 11) is 0. The maximum absolute atomic E-state index is 10.5. The lowest BCUT2D eigenvalue weighted by atomic mass is 10.1. The third kappa shape index (κ3) is 2.02. The van der Waals surface area contributed by atoms with Crippen molar-refractivity contribution in [2.45, 2.75) is 0 Å². The first-order valence-electron chi connectivity index (χ1n) is 4.46. The molecule has 0 aliphatic rings. The smallest absolute Gasteiger partial charge is 0.160 e. The van der Waals surface area contributed by atoms with Crippen LogP contribution in [0.15, 0.2) is 43.2 Å². The summed E-state index contributed by atoms with van der Waals surface area (Å²) in [6, 6.07) is 7.53. The van der Waals surface area contributed by atoms with Gasteiger partial charge in [0.15, 0.2) is 6.29 Å². The van der Waals surface area contributed by atoms with E-state index in [4.69, 9.17) is 0 Å². The van der Waals surface area contributed by atoms with Gasteiger partial charge in [-0.25, -0.2) is 0 Å². The molecule has 0 saturated heterocycles. The second kappa shape index (κ2) is 4.19. The molecular weight excluding hydrogens is 206 g/mol. The van der Waals surface area contributed by atoms with Crippen LogP contribution in [-0.4, -0.2) is 11.3 Å². The van der Waals surface area contributed by atoms with Gasteiger partial charge in [-0.1, -0.05) is 6.58 Å². The summed E-state index contributed by atoms with van der Waals surface area (Å²) in [5, 5.41) is 0. The number of nitrogens with zero attached hydrogens (tertiary/aromatic N) is 1. The van der Waals surface area contributed by atoms with Crippen LogP contribution in [0.2, 0.25) is 0 Å². The number of rotatable bonds is 3. The number of hydrogen-bond acceptors (Lipinski definition) is 3. The number of aromatic nitrogens is 1. The molecule has 74 valence electrons. The lowest BCUT2D eigenvalue weighted by Crippen LogP contribution is -1.82. The lowest BCUT2D eigenvalue weighted by molar-refractivity contribution is 0.112. The molecule has 0 unspecified atom stereocenters. The Balaban J connectivity index is 2.32. The van der Waals surface area contributed by atoms with Crippen molar-refractivity contribution >= 4 is 23.2 Å². The predicted octanol–water partition coefficient (Wildman–Crippen LogP) is 3.02. The van der Waals surface area contributed by atoms with E-state index in [0.29, 0.717) is 0 Å². The molecule has 0 aliphatic heterocycles. The monoisotopic (exact) mass is 215 g/mol. The van der Waals surface area contributed by atoms with Crippen LogP contribution < -0.4 is 0 Å². The van der Waals surface area contributed by atoms with E-state index in [9.17, 15) is 4.79 Å². The molecule has 0 aromatic carbocycles. The number of pyridine rings is 1. The van der Waals surface area contributed by atoms with Gasteiger partial charge < -0.3 is 0 Å². The minimum Gasteiger partial charge on any atom is -0.297 e. The summed E-state index contributed by atoms with van der Waals surface area (Å²) >= 11 is 1.45. The van der Waals surface area contributed by atoms with Crippen molar-refractivity contribution in [2.24, 2.45) is 0 Å². The molecule has 0 N–H and O–H groups in total. The molecule has 2 rings (SSSR count). The highest BCUT2D eigenvalue weighted by molar-refractivity contribution is 7.14. The average molecular weight is 215 g/mol. The first-order valence-corrected chi connectivity index (χ1v) is 5.27. The largest absolute Gasteiger partial charge is 0.297 e. The molecule has 0 spiro atoms. The van der Waals surface area contributed by atoms with E-state index in [0.717, 1.165) is 27.2 Å². The van der Waals surface area contributed by atoms with E-state index in [1.807, 2.05) is 18.2 Å². The molecule has 0 saturated carbocycles. The molecule has 0 atom stereocenters. The molecule has 3 heteroatoms. The van der Waals surface area contributed by atoms with E-state index >= 15 is 0 Å². The van der Waals surface area contributed by atoms with Gasteiger partial charge in [0.2, 0.25) is 0 Å². The molecule has 2 nitrogen and oxygen atoms in total. The Labute approximate surface area is 91.9 Å². The van der Waals surface area contributed by atoms with Crippen molar-refractivity contribution in [3.05, 3.63) is 58.6 Å². The number of hydrogen-bond donors (Lipinski definition) is 0. The second-order valence-corrected chi connectivity index (χ2v) is 4.15. The fraction of sp³-hybridized carbons (Fsp3) is 0. The highest BCUT2D eigenvalue weighted by Crippen LogP contribution is 2.26. The summed E-state index contributed by atoms with van der Waals surface area (Å²) in [6.07, 6.45) is 4.32. The third-order valence-electron chi connectivity index (χ3n) is 2.07. The van der Waals surface area contributed by atoms with Gasteiger partial charge >= 0.3 is 0 Å². The van der Waals surface area contributed by atoms with Crippen LogP contribution in [-0.2, 0) is 0 Å². The van der Waals surface area contributed by atoms with Crippen molar-refractivity contribution in [3.63, 3.8) is 0 Å². The Bertz CT molecular complexity index is 487. The highest BCUT2D eigenvalue weighted by Gasteiger charge is 2.05. The van der Waals surface area contributed by atoms with E-state index < -0.39 is 0 Å². The minimum absolute atomic E-state index is 0.722. The molecule has 0 bridgehead atoms. The van der Waals surface area contributed by atoms with Gasteiger partial charge in [0, 0.05) is 17.3 Å². The topological polar surface area (TPSA) is 30.0 Å². The Hall–Kier alpha value is -1.74. The summed E-state index contributed by atoms with van der Waals surface area (Å²) in [4.78, 5) is 16.2. The zero-order chi connectivity index (χ0) is 10.7.